The Balaban J connectivity index is 0.00000118. The Labute approximate surface area is 188 Å². The molecule has 0 saturated carbocycles. The Kier molecular flexibility index (Phi) is 10.6. The lowest BCUT2D eigenvalue weighted by molar-refractivity contribution is -0.139. The van der Waals surface area contributed by atoms with Gasteiger partial charge in [-0.2, -0.15) is 13.2 Å². The van der Waals surface area contributed by atoms with E-state index < -0.39 is 17.6 Å². The maximum atomic E-state index is 13.7. The second kappa shape index (κ2) is 12.4. The zero-order valence-electron chi connectivity index (χ0n) is 19.3. The lowest BCUT2D eigenvalue weighted by Gasteiger charge is -2.27. The predicted octanol–water partition coefficient (Wildman–Crippen LogP) is 6.83. The minimum atomic E-state index is -4.77. The third-order valence-corrected chi connectivity index (χ3v) is 4.36. The van der Waals surface area contributed by atoms with Gasteiger partial charge in [0.2, 0.25) is 0 Å². The van der Waals surface area contributed by atoms with Gasteiger partial charge >= 0.3 is 6.18 Å². The molecule has 0 aliphatic rings. The van der Waals surface area contributed by atoms with E-state index in [2.05, 4.69) is 18.1 Å². The average Bonchev–Trinajstić information content (AvgIpc) is 2.69. The standard InChI is InChI=1S/C22H24F4N2.C3H9N/c1-5-7-11-28(10-6-2)16(4)21-18(12-15(3)14-27-21)17-8-9-20(23)19(13-17)22(24,25)26;1-3(2)4/h5,8-9,12-14H,1,4,6-7,10-11H2,2-3H3;3H,4H2,1-2H3. The second-order valence-corrected chi connectivity index (χ2v) is 7.86. The molecule has 0 aliphatic heterocycles. The summed E-state index contributed by atoms with van der Waals surface area (Å²) >= 11 is 0. The molecule has 2 N–H and O–H groups in total. The van der Waals surface area contributed by atoms with Gasteiger partial charge in [-0.25, -0.2) is 4.39 Å². The van der Waals surface area contributed by atoms with Gasteiger partial charge in [-0.1, -0.05) is 39.5 Å². The molecule has 0 aliphatic carbocycles. The van der Waals surface area contributed by atoms with E-state index in [1.54, 1.807) is 25.3 Å². The number of halogens is 4. The lowest BCUT2D eigenvalue weighted by atomic mass is 9.98. The van der Waals surface area contributed by atoms with Crippen molar-refractivity contribution >= 4 is 5.70 Å². The molecule has 3 nitrogen and oxygen atoms in total. The molecule has 1 aromatic heterocycles. The van der Waals surface area contributed by atoms with Gasteiger partial charge in [-0.3, -0.25) is 4.98 Å². The predicted molar refractivity (Wildman–Crippen MR) is 124 cm³/mol. The van der Waals surface area contributed by atoms with E-state index in [-0.39, 0.29) is 5.56 Å². The number of alkyl halides is 3. The SMILES string of the molecule is C=CCCN(CCC)C(=C)c1ncc(C)cc1-c1ccc(F)c(C(F)(F)F)c1.CC(C)N. The number of nitrogens with two attached hydrogens (primary N) is 1. The van der Waals surface area contributed by atoms with E-state index in [4.69, 9.17) is 5.73 Å². The average molecular weight is 452 g/mol. The molecule has 2 rings (SSSR count). The smallest absolute Gasteiger partial charge is 0.370 e. The van der Waals surface area contributed by atoms with Crippen molar-refractivity contribution in [3.05, 3.63) is 72.3 Å². The van der Waals surface area contributed by atoms with Gasteiger partial charge in [-0.05, 0) is 55.1 Å². The molecule has 0 unspecified atom stereocenters. The largest absolute Gasteiger partial charge is 0.419 e. The van der Waals surface area contributed by atoms with Crippen LogP contribution in [0.15, 0.2) is 49.7 Å². The van der Waals surface area contributed by atoms with Crippen LogP contribution in [-0.4, -0.2) is 29.0 Å². The fourth-order valence-corrected chi connectivity index (χ4v) is 2.98. The molecule has 0 bridgehead atoms. The number of hydrogen-bond donors (Lipinski definition) is 1. The van der Waals surface area contributed by atoms with Crippen LogP contribution in [0.3, 0.4) is 0 Å². The maximum Gasteiger partial charge on any atom is 0.419 e. The van der Waals surface area contributed by atoms with Crippen LogP contribution in [-0.2, 0) is 6.18 Å². The monoisotopic (exact) mass is 451 g/mol. The number of aromatic nitrogens is 1. The van der Waals surface area contributed by atoms with Crippen LogP contribution in [0.5, 0.6) is 0 Å². The molecular formula is C25H33F4N3. The van der Waals surface area contributed by atoms with Gasteiger partial charge in [0.1, 0.15) is 5.82 Å². The molecule has 0 radical (unpaired) electrons. The van der Waals surface area contributed by atoms with Gasteiger partial charge in [0, 0.05) is 24.8 Å². The number of hydrogen-bond acceptors (Lipinski definition) is 3. The summed E-state index contributed by atoms with van der Waals surface area (Å²) < 4.78 is 53.2. The first kappa shape index (κ1) is 27.4. The van der Waals surface area contributed by atoms with Gasteiger partial charge < -0.3 is 10.6 Å². The third-order valence-electron chi connectivity index (χ3n) is 4.36. The highest BCUT2D eigenvalue weighted by Crippen LogP contribution is 2.36. The highest BCUT2D eigenvalue weighted by atomic mass is 19.4. The second-order valence-electron chi connectivity index (χ2n) is 7.86. The van der Waals surface area contributed by atoms with Gasteiger partial charge in [0.15, 0.2) is 0 Å². The topological polar surface area (TPSA) is 42.2 Å². The summed E-state index contributed by atoms with van der Waals surface area (Å²) in [5.41, 5.74) is 6.47. The number of aryl methyl sites for hydroxylation is 1. The van der Waals surface area contributed by atoms with Crippen LogP contribution in [0.1, 0.15) is 50.4 Å². The van der Waals surface area contributed by atoms with Crippen molar-refractivity contribution in [1.82, 2.24) is 9.88 Å². The third kappa shape index (κ3) is 8.11. The van der Waals surface area contributed by atoms with Crippen molar-refractivity contribution in [3.8, 4) is 11.1 Å². The van der Waals surface area contributed by atoms with Gasteiger partial charge in [0.25, 0.3) is 0 Å². The minimum Gasteiger partial charge on any atom is -0.370 e. The molecule has 0 saturated heterocycles. The van der Waals surface area contributed by atoms with E-state index in [0.29, 0.717) is 29.5 Å². The van der Waals surface area contributed by atoms with Gasteiger partial charge in [-0.15, -0.1) is 6.58 Å². The Morgan fingerprint density at radius 2 is 1.84 bits per heavy atom. The molecule has 0 amide bonds. The Morgan fingerprint density at radius 3 is 2.38 bits per heavy atom. The van der Waals surface area contributed by atoms with E-state index in [0.717, 1.165) is 37.1 Å². The maximum absolute atomic E-state index is 13.7. The molecule has 0 atom stereocenters. The number of nitrogens with zero attached hydrogens (tertiary/aromatic N) is 2. The van der Waals surface area contributed by atoms with Crippen LogP contribution in [0, 0.1) is 12.7 Å². The van der Waals surface area contributed by atoms with Crippen molar-refractivity contribution < 1.29 is 17.6 Å². The van der Waals surface area contributed by atoms with Crippen LogP contribution in [0.2, 0.25) is 0 Å². The fourth-order valence-electron chi connectivity index (χ4n) is 2.98. The first-order valence-electron chi connectivity index (χ1n) is 10.6. The molecule has 0 fully saturated rings. The van der Waals surface area contributed by atoms with Crippen molar-refractivity contribution in [3.63, 3.8) is 0 Å². The summed E-state index contributed by atoms with van der Waals surface area (Å²) in [6.07, 6.45) is 0.304. The summed E-state index contributed by atoms with van der Waals surface area (Å²) in [7, 11) is 0. The summed E-state index contributed by atoms with van der Waals surface area (Å²) in [6.45, 7) is 17.0. The zero-order valence-corrected chi connectivity index (χ0v) is 19.3. The van der Waals surface area contributed by atoms with Crippen LogP contribution in [0.4, 0.5) is 17.6 Å². The van der Waals surface area contributed by atoms with Crippen molar-refractivity contribution in [2.45, 2.75) is 52.8 Å². The molecule has 1 heterocycles. The molecule has 2 aromatic rings. The Morgan fingerprint density at radius 1 is 1.22 bits per heavy atom. The first-order valence-corrected chi connectivity index (χ1v) is 10.6. The molecule has 176 valence electrons. The van der Waals surface area contributed by atoms with E-state index in [9.17, 15) is 17.6 Å². The van der Waals surface area contributed by atoms with E-state index >= 15 is 0 Å². The van der Waals surface area contributed by atoms with Crippen molar-refractivity contribution in [2.24, 2.45) is 5.73 Å². The summed E-state index contributed by atoms with van der Waals surface area (Å²) in [6, 6.07) is 5.09. The summed E-state index contributed by atoms with van der Waals surface area (Å²) in [4.78, 5) is 6.48. The van der Waals surface area contributed by atoms with Crippen LogP contribution in [0.25, 0.3) is 16.8 Å². The molecule has 32 heavy (non-hydrogen) atoms. The number of rotatable bonds is 8. The Bertz CT molecular complexity index is 902. The van der Waals surface area contributed by atoms with Crippen molar-refractivity contribution in [1.29, 1.82) is 0 Å². The van der Waals surface area contributed by atoms with Crippen molar-refractivity contribution in [2.75, 3.05) is 13.1 Å². The normalized spacial score (nSPS) is 11.1. The van der Waals surface area contributed by atoms with Crippen LogP contribution >= 0.6 is 0 Å². The molecular weight excluding hydrogens is 418 g/mol. The highest BCUT2D eigenvalue weighted by molar-refractivity contribution is 5.78. The molecule has 7 heteroatoms. The molecule has 0 spiro atoms. The zero-order chi connectivity index (χ0) is 24.5. The van der Waals surface area contributed by atoms with E-state index in [1.807, 2.05) is 25.7 Å². The lowest BCUT2D eigenvalue weighted by Crippen LogP contribution is -2.24. The number of benzene rings is 1. The quantitative estimate of drug-likeness (QED) is 0.353. The van der Waals surface area contributed by atoms with Crippen LogP contribution < -0.4 is 5.73 Å². The fraction of sp³-hybridized carbons (Fsp3) is 0.400. The minimum absolute atomic E-state index is 0.251. The van der Waals surface area contributed by atoms with Gasteiger partial charge in [0.05, 0.1) is 17.0 Å². The van der Waals surface area contributed by atoms with E-state index in [1.165, 1.54) is 6.07 Å². The molecule has 1 aromatic carbocycles. The number of pyridine rings is 1. The highest BCUT2D eigenvalue weighted by Gasteiger charge is 2.34. The first-order chi connectivity index (χ1) is 14.9. The summed E-state index contributed by atoms with van der Waals surface area (Å²) in [5.74, 6) is -1.30. The summed E-state index contributed by atoms with van der Waals surface area (Å²) in [5, 5.41) is 0. The Hall–Kier alpha value is -2.67.